The molecule has 0 radical (unpaired) electrons. The van der Waals surface area contributed by atoms with Crippen molar-refractivity contribution in [1.29, 1.82) is 0 Å². The van der Waals surface area contributed by atoms with Crippen LogP contribution in [-0.4, -0.2) is 33.9 Å². The van der Waals surface area contributed by atoms with Crippen LogP contribution in [0.5, 0.6) is 11.5 Å². The first-order valence-corrected chi connectivity index (χ1v) is 7.62. The van der Waals surface area contributed by atoms with E-state index in [1.54, 1.807) is 11.8 Å². The van der Waals surface area contributed by atoms with Crippen LogP contribution in [0, 0.1) is 0 Å². The number of nitrogens with two attached hydrogens (primary N) is 1. The number of benzene rings is 2. The lowest BCUT2D eigenvalue weighted by atomic mass is 10.1. The number of nitrogens with zero attached hydrogens (tertiary/aromatic N) is 4. The minimum Gasteiger partial charge on any atom is -0.497 e. The quantitative estimate of drug-likeness (QED) is 0.713. The average Bonchev–Trinajstić information content (AvgIpc) is 3.11. The molecule has 0 spiro atoms. The van der Waals surface area contributed by atoms with Gasteiger partial charge in [-0.25, -0.2) is 4.68 Å². The Hall–Kier alpha value is -2.93. The smallest absolute Gasteiger partial charge is 0.182 e. The summed E-state index contributed by atoms with van der Waals surface area (Å²) in [5.74, 6) is 2.28. The van der Waals surface area contributed by atoms with Crippen molar-refractivity contribution < 1.29 is 9.47 Å². The van der Waals surface area contributed by atoms with Gasteiger partial charge in [0.15, 0.2) is 5.82 Å². The SMILES string of the molecule is COc1ccc(OCCn2nnnc2-c2ccc(CN)cc2)cc1. The summed E-state index contributed by atoms with van der Waals surface area (Å²) >= 11 is 0. The van der Waals surface area contributed by atoms with Gasteiger partial charge < -0.3 is 15.2 Å². The molecule has 1 heterocycles. The van der Waals surface area contributed by atoms with Crippen molar-refractivity contribution in [2.75, 3.05) is 13.7 Å². The summed E-state index contributed by atoms with van der Waals surface area (Å²) in [5.41, 5.74) is 7.63. The monoisotopic (exact) mass is 325 g/mol. The summed E-state index contributed by atoms with van der Waals surface area (Å²) in [7, 11) is 1.63. The van der Waals surface area contributed by atoms with Crippen LogP contribution in [0.25, 0.3) is 11.4 Å². The lowest BCUT2D eigenvalue weighted by Gasteiger charge is -2.08. The summed E-state index contributed by atoms with van der Waals surface area (Å²) in [6.07, 6.45) is 0. The molecule has 3 rings (SSSR count). The molecule has 24 heavy (non-hydrogen) atoms. The highest BCUT2D eigenvalue weighted by Gasteiger charge is 2.09. The number of methoxy groups -OCH3 is 1. The molecule has 0 saturated heterocycles. The molecule has 0 unspecified atom stereocenters. The van der Waals surface area contributed by atoms with Crippen molar-refractivity contribution in [2.45, 2.75) is 13.1 Å². The molecule has 2 N–H and O–H groups in total. The topological polar surface area (TPSA) is 88.1 Å². The Bertz CT molecular complexity index is 768. The highest BCUT2D eigenvalue weighted by Crippen LogP contribution is 2.18. The predicted molar refractivity (Wildman–Crippen MR) is 89.6 cm³/mol. The van der Waals surface area contributed by atoms with Gasteiger partial charge in [-0.3, -0.25) is 0 Å². The molecule has 0 aliphatic carbocycles. The van der Waals surface area contributed by atoms with E-state index < -0.39 is 0 Å². The van der Waals surface area contributed by atoms with Crippen molar-refractivity contribution in [1.82, 2.24) is 20.2 Å². The fourth-order valence-corrected chi connectivity index (χ4v) is 2.27. The molecule has 3 aromatic rings. The molecule has 2 aromatic carbocycles. The van der Waals surface area contributed by atoms with Crippen molar-refractivity contribution in [2.24, 2.45) is 5.73 Å². The molecule has 7 nitrogen and oxygen atoms in total. The Morgan fingerprint density at radius 3 is 2.38 bits per heavy atom. The van der Waals surface area contributed by atoms with Gasteiger partial charge in [-0.2, -0.15) is 0 Å². The Kier molecular flexibility index (Phi) is 5.02. The summed E-state index contributed by atoms with van der Waals surface area (Å²) < 4.78 is 12.6. The maximum Gasteiger partial charge on any atom is 0.182 e. The van der Waals surface area contributed by atoms with Gasteiger partial charge in [0.1, 0.15) is 18.1 Å². The summed E-state index contributed by atoms with van der Waals surface area (Å²) in [6.45, 7) is 1.53. The van der Waals surface area contributed by atoms with E-state index in [2.05, 4.69) is 15.5 Å². The van der Waals surface area contributed by atoms with Crippen molar-refractivity contribution in [3.63, 3.8) is 0 Å². The Morgan fingerprint density at radius 1 is 1.00 bits per heavy atom. The van der Waals surface area contributed by atoms with Gasteiger partial charge in [0.25, 0.3) is 0 Å². The van der Waals surface area contributed by atoms with Crippen LogP contribution in [0.15, 0.2) is 48.5 Å². The van der Waals surface area contributed by atoms with Crippen LogP contribution in [0.1, 0.15) is 5.56 Å². The zero-order chi connectivity index (χ0) is 16.8. The fourth-order valence-electron chi connectivity index (χ4n) is 2.27. The van der Waals surface area contributed by atoms with Gasteiger partial charge in [0, 0.05) is 12.1 Å². The minimum atomic E-state index is 0.464. The van der Waals surface area contributed by atoms with E-state index in [-0.39, 0.29) is 0 Å². The fraction of sp³-hybridized carbons (Fsp3) is 0.235. The van der Waals surface area contributed by atoms with E-state index in [1.165, 1.54) is 0 Å². The third-order valence-corrected chi connectivity index (χ3v) is 3.61. The number of aromatic nitrogens is 4. The number of hydrogen-bond donors (Lipinski definition) is 1. The van der Waals surface area contributed by atoms with E-state index in [0.717, 1.165) is 22.6 Å². The first kappa shape index (κ1) is 15.9. The molecule has 0 aliphatic heterocycles. The second kappa shape index (κ2) is 7.56. The number of tetrazole rings is 1. The van der Waals surface area contributed by atoms with Crippen molar-refractivity contribution in [3.05, 3.63) is 54.1 Å². The number of ether oxygens (including phenoxy) is 2. The van der Waals surface area contributed by atoms with E-state index in [1.807, 2.05) is 48.5 Å². The highest BCUT2D eigenvalue weighted by atomic mass is 16.5. The number of hydrogen-bond acceptors (Lipinski definition) is 6. The lowest BCUT2D eigenvalue weighted by Crippen LogP contribution is -2.11. The van der Waals surface area contributed by atoms with E-state index in [9.17, 15) is 0 Å². The van der Waals surface area contributed by atoms with Gasteiger partial charge in [-0.15, -0.1) is 5.10 Å². The lowest BCUT2D eigenvalue weighted by molar-refractivity contribution is 0.290. The second-order valence-corrected chi connectivity index (χ2v) is 5.15. The van der Waals surface area contributed by atoms with Crippen LogP contribution in [0.3, 0.4) is 0 Å². The molecule has 1 aromatic heterocycles. The second-order valence-electron chi connectivity index (χ2n) is 5.15. The molecule has 124 valence electrons. The summed E-state index contributed by atoms with van der Waals surface area (Å²) in [5, 5.41) is 11.9. The summed E-state index contributed by atoms with van der Waals surface area (Å²) in [6, 6.07) is 15.3. The first-order valence-electron chi connectivity index (χ1n) is 7.62. The minimum absolute atomic E-state index is 0.464. The average molecular weight is 325 g/mol. The first-order chi connectivity index (χ1) is 11.8. The standard InChI is InChI=1S/C17H19N5O2/c1-23-15-6-8-16(9-7-15)24-11-10-22-17(19-20-21-22)14-4-2-13(12-18)3-5-14/h2-9H,10-12,18H2,1H3. The van der Waals surface area contributed by atoms with Gasteiger partial charge in [0.2, 0.25) is 0 Å². The molecule has 0 amide bonds. The Labute approximate surface area is 140 Å². The third-order valence-electron chi connectivity index (χ3n) is 3.61. The van der Waals surface area contributed by atoms with Crippen LogP contribution in [-0.2, 0) is 13.1 Å². The number of rotatable bonds is 7. The van der Waals surface area contributed by atoms with Crippen molar-refractivity contribution >= 4 is 0 Å². The molecule has 7 heteroatoms. The van der Waals surface area contributed by atoms with Crippen molar-refractivity contribution in [3.8, 4) is 22.9 Å². The molecule has 0 fully saturated rings. The van der Waals surface area contributed by atoms with Crippen LogP contribution in [0.2, 0.25) is 0 Å². The van der Waals surface area contributed by atoms with Crippen LogP contribution in [0.4, 0.5) is 0 Å². The molecular weight excluding hydrogens is 306 g/mol. The van der Waals surface area contributed by atoms with Crippen LogP contribution >= 0.6 is 0 Å². The normalized spacial score (nSPS) is 10.6. The highest BCUT2D eigenvalue weighted by molar-refractivity contribution is 5.54. The van der Waals surface area contributed by atoms with Gasteiger partial charge >= 0.3 is 0 Å². The van der Waals surface area contributed by atoms with E-state index in [0.29, 0.717) is 25.5 Å². The molecule has 0 atom stereocenters. The van der Waals surface area contributed by atoms with Gasteiger partial charge in [0.05, 0.1) is 13.7 Å². The van der Waals surface area contributed by atoms with E-state index >= 15 is 0 Å². The maximum atomic E-state index is 5.72. The maximum absolute atomic E-state index is 5.72. The molecule has 0 bridgehead atoms. The zero-order valence-electron chi connectivity index (χ0n) is 13.4. The summed E-state index contributed by atoms with van der Waals surface area (Å²) in [4.78, 5) is 0. The van der Waals surface area contributed by atoms with Crippen LogP contribution < -0.4 is 15.2 Å². The largest absolute Gasteiger partial charge is 0.497 e. The Morgan fingerprint density at radius 2 is 1.71 bits per heavy atom. The predicted octanol–water partition coefficient (Wildman–Crippen LogP) is 1.89. The van der Waals surface area contributed by atoms with Gasteiger partial charge in [-0.1, -0.05) is 24.3 Å². The van der Waals surface area contributed by atoms with Gasteiger partial charge in [-0.05, 0) is 40.3 Å². The zero-order valence-corrected chi connectivity index (χ0v) is 13.4. The third kappa shape index (κ3) is 3.69. The van der Waals surface area contributed by atoms with E-state index in [4.69, 9.17) is 15.2 Å². The Balaban J connectivity index is 1.62. The molecule has 0 saturated carbocycles. The molecule has 0 aliphatic rings. The molecular formula is C17H19N5O2.